The molecule has 2 aromatic carbocycles. The Bertz CT molecular complexity index is 1560. The Hall–Kier alpha value is -5.20. The van der Waals surface area contributed by atoms with Crippen LogP contribution in [0.2, 0.25) is 0 Å². The van der Waals surface area contributed by atoms with Crippen LogP contribution < -0.4 is 0 Å². The van der Waals surface area contributed by atoms with Crippen LogP contribution in [-0.2, 0) is 13.1 Å². The Morgan fingerprint density at radius 2 is 1.06 bits per heavy atom. The van der Waals surface area contributed by atoms with E-state index in [0.717, 1.165) is 0 Å². The molecule has 2 aromatic rings. The van der Waals surface area contributed by atoms with Crippen LogP contribution in [0, 0.1) is 0 Å². The normalized spacial score (nSPS) is 9.75. The highest BCUT2D eigenvalue weighted by molar-refractivity contribution is 5.17. The zero-order valence-electron chi connectivity index (χ0n) is 20.0. The van der Waals surface area contributed by atoms with Crippen molar-refractivity contribution in [1.82, 2.24) is 4.90 Å². The first-order chi connectivity index (χ1) is 17.7. The monoisotopic (exact) mass is 461 g/mol. The number of benzene rings is 2. The van der Waals surface area contributed by atoms with Gasteiger partial charge in [0.05, 0.1) is 6.10 Å². The van der Waals surface area contributed by atoms with Gasteiger partial charge in [-0.3, -0.25) is 4.90 Å². The van der Waals surface area contributed by atoms with Gasteiger partial charge in [-0.05, 0) is 105 Å². The van der Waals surface area contributed by atoms with E-state index in [9.17, 15) is 5.11 Å². The fraction of sp³-hybridized carbons (Fsp3) is 0.147. The first-order valence-electron chi connectivity index (χ1n) is 11.1. The molecule has 0 saturated carbocycles. The summed E-state index contributed by atoms with van der Waals surface area (Å²) in [5.74, 6) is 0. The summed E-state index contributed by atoms with van der Waals surface area (Å²) in [6, 6.07) is 20.3. The molecule has 2 atom stereocenters. The highest BCUT2D eigenvalue weighted by Crippen LogP contribution is 2.16. The summed E-state index contributed by atoms with van der Waals surface area (Å²) in [6.45, 7) is 6.75. The van der Waals surface area contributed by atoms with E-state index in [1.165, 1.54) is 11.1 Å². The molecule has 2 rings (SSSR count). The summed E-state index contributed by atoms with van der Waals surface area (Å²) < 4.78 is 0. The van der Waals surface area contributed by atoms with E-state index in [0.29, 0.717) is 13.1 Å². The molecule has 0 fully saturated rings. The molecule has 36 heavy (non-hydrogen) atoms. The summed E-state index contributed by atoms with van der Waals surface area (Å²) in [6.07, 6.45) is 0.815. The number of aliphatic hydroxyl groups excluding tert-OH is 1. The molecule has 0 bridgehead atoms. The van der Waals surface area contributed by atoms with E-state index in [1.54, 1.807) is 6.08 Å². The van der Waals surface area contributed by atoms with Crippen molar-refractivity contribution in [2.45, 2.75) is 32.2 Å². The van der Waals surface area contributed by atoms with Gasteiger partial charge in [-0.15, -0.1) is 0 Å². The van der Waals surface area contributed by atoms with Gasteiger partial charge >= 0.3 is 0 Å². The first kappa shape index (κ1) is 27.0. The Labute approximate surface area is 212 Å². The summed E-state index contributed by atoms with van der Waals surface area (Å²) in [5.41, 5.74) is 40.7. The Morgan fingerprint density at radius 3 is 1.47 bits per heavy atom. The predicted molar refractivity (Wildman–Crippen MR) is 140 cm³/mol. The van der Waals surface area contributed by atoms with E-state index < -0.39 is 6.10 Å². The van der Waals surface area contributed by atoms with Crippen LogP contribution in [0.5, 0.6) is 0 Å². The van der Waals surface area contributed by atoms with Gasteiger partial charge in [0.2, 0.25) is 0 Å². The summed E-state index contributed by atoms with van der Waals surface area (Å²) in [7, 11) is 0. The van der Waals surface area contributed by atoms with Crippen LogP contribution in [0.4, 0.5) is 0 Å². The number of hydrogen-bond donors (Lipinski definition) is 1. The van der Waals surface area contributed by atoms with Gasteiger partial charge in [-0.2, -0.15) is 0 Å². The number of nitrogens with zero attached hydrogens (tertiary/aromatic N) is 1. The zero-order chi connectivity index (χ0) is 25.7. The number of hydrogen-bond acceptors (Lipinski definition) is 2. The van der Waals surface area contributed by atoms with Crippen molar-refractivity contribution >= 4 is 0 Å². The minimum absolute atomic E-state index is 0.152. The van der Waals surface area contributed by atoms with Crippen molar-refractivity contribution in [2.75, 3.05) is 0 Å². The SMILES string of the molecule is C=C=C=C=C=C=C=C=C=C=C=C=C=C=C=C=C[C@H](O)[C@H](C)N(Cc1ccccc1)Cc1ccccc1. The maximum Gasteiger partial charge on any atom is 0.0953 e. The van der Waals surface area contributed by atoms with Crippen LogP contribution in [0.1, 0.15) is 18.1 Å². The summed E-state index contributed by atoms with van der Waals surface area (Å²) in [5, 5.41) is 10.7. The molecule has 0 aliphatic rings. The van der Waals surface area contributed by atoms with Crippen molar-refractivity contribution in [3.8, 4) is 0 Å². The second-order valence-corrected chi connectivity index (χ2v) is 7.22. The Morgan fingerprint density at radius 1 is 0.667 bits per heavy atom. The standard InChI is InChI=1S/C34H23NO/c1-3-4-5-6-7-8-9-10-11-12-13-14-15-16-23-28-34(36)31(2)35(29-32-24-19-17-20-25-32)30-33-26-21-18-22-27-33/h17-22,24-28,31,34,36H,1,29-30H2,2H3/t31-,34-/m0/s1. The number of aliphatic hydroxyl groups is 1. The van der Waals surface area contributed by atoms with Gasteiger partial charge < -0.3 is 5.11 Å². The minimum Gasteiger partial charge on any atom is -0.387 e. The van der Waals surface area contributed by atoms with E-state index >= 15 is 0 Å². The lowest BCUT2D eigenvalue weighted by Crippen LogP contribution is -2.39. The Kier molecular flexibility index (Phi) is 13.0. The van der Waals surface area contributed by atoms with Crippen molar-refractivity contribution in [2.24, 2.45) is 0 Å². The molecule has 1 N–H and O–H groups in total. The third-order valence-electron chi connectivity index (χ3n) is 4.69. The van der Waals surface area contributed by atoms with E-state index in [2.05, 4.69) is 122 Å². The minimum atomic E-state index is -0.744. The molecule has 0 heterocycles. The third-order valence-corrected chi connectivity index (χ3v) is 4.69. The van der Waals surface area contributed by atoms with Gasteiger partial charge in [0.15, 0.2) is 0 Å². The average Bonchev–Trinajstić information content (AvgIpc) is 2.91. The van der Waals surface area contributed by atoms with Crippen LogP contribution in [0.3, 0.4) is 0 Å². The fourth-order valence-corrected chi connectivity index (χ4v) is 2.89. The van der Waals surface area contributed by atoms with E-state index in [1.807, 2.05) is 43.3 Å². The highest BCUT2D eigenvalue weighted by Gasteiger charge is 2.20. The van der Waals surface area contributed by atoms with Crippen LogP contribution in [0.15, 0.2) is 159 Å². The topological polar surface area (TPSA) is 23.5 Å². The largest absolute Gasteiger partial charge is 0.387 e. The molecule has 0 aromatic heterocycles. The van der Waals surface area contributed by atoms with Gasteiger partial charge in [-0.25, -0.2) is 0 Å². The molecule has 0 saturated heterocycles. The maximum absolute atomic E-state index is 10.7. The molecule has 0 unspecified atom stereocenters. The number of rotatable bonds is 7. The third kappa shape index (κ3) is 11.6. The smallest absolute Gasteiger partial charge is 0.0953 e. The van der Waals surface area contributed by atoms with E-state index in [-0.39, 0.29) is 6.04 Å². The van der Waals surface area contributed by atoms with Gasteiger partial charge in [-0.1, -0.05) is 72.1 Å². The van der Waals surface area contributed by atoms with Crippen LogP contribution in [-0.4, -0.2) is 22.2 Å². The first-order valence-corrected chi connectivity index (χ1v) is 11.1. The van der Waals surface area contributed by atoms with Crippen molar-refractivity contribution < 1.29 is 5.11 Å². The zero-order valence-corrected chi connectivity index (χ0v) is 20.0. The molecule has 0 spiro atoms. The predicted octanol–water partition coefficient (Wildman–Crippen LogP) is 5.95. The highest BCUT2D eigenvalue weighted by atomic mass is 16.3. The van der Waals surface area contributed by atoms with Crippen molar-refractivity contribution in [3.05, 3.63) is 170 Å². The van der Waals surface area contributed by atoms with Gasteiger partial charge in [0, 0.05) is 19.1 Å². The lowest BCUT2D eigenvalue weighted by molar-refractivity contribution is 0.0781. The second-order valence-electron chi connectivity index (χ2n) is 7.22. The lowest BCUT2D eigenvalue weighted by atomic mass is 10.1. The maximum atomic E-state index is 10.7. The van der Waals surface area contributed by atoms with Crippen molar-refractivity contribution in [3.63, 3.8) is 0 Å². The molecular formula is C34H23NO. The molecule has 0 amide bonds. The molecule has 0 aliphatic carbocycles. The molecular weight excluding hydrogens is 438 g/mol. The summed E-state index contributed by atoms with van der Waals surface area (Å²) in [4.78, 5) is 2.23. The van der Waals surface area contributed by atoms with Crippen LogP contribution >= 0.6 is 0 Å². The summed E-state index contributed by atoms with van der Waals surface area (Å²) >= 11 is 0. The van der Waals surface area contributed by atoms with Gasteiger partial charge in [0.25, 0.3) is 0 Å². The molecule has 2 heteroatoms. The van der Waals surface area contributed by atoms with Crippen LogP contribution in [0.25, 0.3) is 0 Å². The molecule has 2 nitrogen and oxygen atoms in total. The van der Waals surface area contributed by atoms with E-state index in [4.69, 9.17) is 0 Å². The molecule has 0 aliphatic heterocycles. The Balaban J connectivity index is 2.22. The molecule has 170 valence electrons. The van der Waals surface area contributed by atoms with Gasteiger partial charge in [0.1, 0.15) is 0 Å². The van der Waals surface area contributed by atoms with Crippen molar-refractivity contribution in [1.29, 1.82) is 0 Å². The average molecular weight is 462 g/mol. The lowest BCUT2D eigenvalue weighted by Gasteiger charge is -2.31. The molecule has 0 radical (unpaired) electrons. The fourth-order valence-electron chi connectivity index (χ4n) is 2.89. The quantitative estimate of drug-likeness (QED) is 0.515. The second kappa shape index (κ2) is 17.3.